The van der Waals surface area contributed by atoms with E-state index in [1.165, 1.54) is 36.4 Å². The summed E-state index contributed by atoms with van der Waals surface area (Å²) in [5, 5.41) is 2.17. The quantitative estimate of drug-likeness (QED) is 0.266. The van der Waals surface area contributed by atoms with Crippen molar-refractivity contribution in [1.82, 2.24) is 5.32 Å². The Morgan fingerprint density at radius 2 is 1.68 bits per heavy atom. The summed E-state index contributed by atoms with van der Waals surface area (Å²) < 4.78 is 24.9. The molecular formula is C29H25FN2O6. The predicted octanol–water partition coefficient (Wildman–Crippen LogP) is 4.66. The maximum atomic E-state index is 14.2. The van der Waals surface area contributed by atoms with Gasteiger partial charge in [-0.2, -0.15) is 0 Å². The van der Waals surface area contributed by atoms with Gasteiger partial charge in [0.2, 0.25) is 0 Å². The Morgan fingerprint density at radius 1 is 0.947 bits per heavy atom. The molecule has 194 valence electrons. The maximum Gasteiger partial charge on any atom is 0.338 e. The van der Waals surface area contributed by atoms with Gasteiger partial charge >= 0.3 is 12.0 Å². The molecule has 0 atom stereocenters. The first-order valence-electron chi connectivity index (χ1n) is 12.0. The Morgan fingerprint density at radius 3 is 2.37 bits per heavy atom. The molecule has 0 aliphatic carbocycles. The molecule has 9 heteroatoms. The summed E-state index contributed by atoms with van der Waals surface area (Å²) in [6.07, 6.45) is 1.65. The number of nitrogens with one attached hydrogen (secondary N) is 1. The summed E-state index contributed by atoms with van der Waals surface area (Å²) in [4.78, 5) is 51.1. The first-order chi connectivity index (χ1) is 18.3. The molecule has 0 spiro atoms. The number of halogens is 1. The molecule has 0 unspecified atom stereocenters. The number of nitrogens with zero attached hydrogens (tertiary/aromatic N) is 1. The topological polar surface area (TPSA) is 102 Å². The van der Waals surface area contributed by atoms with E-state index in [0.717, 1.165) is 10.5 Å². The monoisotopic (exact) mass is 516 g/mol. The number of esters is 1. The Bertz CT molecular complexity index is 1430. The van der Waals surface area contributed by atoms with Gasteiger partial charge in [0, 0.05) is 6.42 Å². The van der Waals surface area contributed by atoms with Crippen molar-refractivity contribution >= 4 is 35.6 Å². The van der Waals surface area contributed by atoms with Gasteiger partial charge in [0.1, 0.15) is 17.1 Å². The lowest BCUT2D eigenvalue weighted by Gasteiger charge is -2.26. The fourth-order valence-electron chi connectivity index (χ4n) is 3.96. The van der Waals surface area contributed by atoms with Crippen LogP contribution in [0, 0.1) is 5.82 Å². The van der Waals surface area contributed by atoms with Crippen LogP contribution >= 0.6 is 0 Å². The van der Waals surface area contributed by atoms with Gasteiger partial charge in [0.05, 0.1) is 24.5 Å². The highest BCUT2D eigenvalue weighted by Crippen LogP contribution is 2.27. The summed E-state index contributed by atoms with van der Waals surface area (Å²) in [6.45, 7) is 4.06. The van der Waals surface area contributed by atoms with E-state index in [2.05, 4.69) is 5.32 Å². The Labute approximate surface area is 218 Å². The molecule has 4 rings (SSSR count). The van der Waals surface area contributed by atoms with E-state index in [-0.39, 0.29) is 29.2 Å². The van der Waals surface area contributed by atoms with Gasteiger partial charge in [-0.15, -0.1) is 0 Å². The number of imide groups is 2. The van der Waals surface area contributed by atoms with Crippen LogP contribution in [0.4, 0.5) is 14.9 Å². The smallest absolute Gasteiger partial charge is 0.338 e. The van der Waals surface area contributed by atoms with E-state index >= 15 is 0 Å². The first-order valence-corrected chi connectivity index (χ1v) is 12.0. The second-order valence-electron chi connectivity index (χ2n) is 8.29. The number of anilines is 1. The molecule has 3 aromatic rings. The van der Waals surface area contributed by atoms with Gasteiger partial charge in [-0.05, 0) is 73.0 Å². The molecule has 1 heterocycles. The molecule has 1 N–H and O–H groups in total. The van der Waals surface area contributed by atoms with E-state index in [1.807, 2.05) is 6.92 Å². The molecule has 1 saturated heterocycles. The number of carbonyl (C=O) groups is 4. The number of hydrogen-bond acceptors (Lipinski definition) is 6. The van der Waals surface area contributed by atoms with Crippen LogP contribution in [0.3, 0.4) is 0 Å². The normalized spacial score (nSPS) is 14.4. The van der Waals surface area contributed by atoms with Crippen molar-refractivity contribution in [2.45, 2.75) is 20.3 Å². The molecule has 0 aromatic heterocycles. The largest absolute Gasteiger partial charge is 0.494 e. The summed E-state index contributed by atoms with van der Waals surface area (Å²) in [6, 6.07) is 16.3. The minimum atomic E-state index is -0.906. The van der Waals surface area contributed by atoms with Crippen LogP contribution in [0.25, 0.3) is 6.08 Å². The van der Waals surface area contributed by atoms with Crippen molar-refractivity contribution in [1.29, 1.82) is 0 Å². The molecule has 1 fully saturated rings. The minimum absolute atomic E-state index is 0.175. The third-order valence-electron chi connectivity index (χ3n) is 5.78. The maximum absolute atomic E-state index is 14.2. The van der Waals surface area contributed by atoms with Crippen LogP contribution < -0.4 is 15.0 Å². The highest BCUT2D eigenvalue weighted by atomic mass is 19.1. The summed E-state index contributed by atoms with van der Waals surface area (Å²) >= 11 is 0. The third kappa shape index (κ3) is 5.62. The SMILES string of the molecule is CCOC(=O)c1ccc(N2C(=O)NC(=O)/C(=C\c3ccc(Cc4ccccc4F)c(OCC)c3)C2=O)cc1. The number of hydrogen-bond donors (Lipinski definition) is 1. The van der Waals surface area contributed by atoms with Crippen LogP contribution in [0.5, 0.6) is 5.75 Å². The zero-order chi connectivity index (χ0) is 27.2. The third-order valence-corrected chi connectivity index (χ3v) is 5.78. The van der Waals surface area contributed by atoms with E-state index in [4.69, 9.17) is 9.47 Å². The predicted molar refractivity (Wildman–Crippen MR) is 138 cm³/mol. The van der Waals surface area contributed by atoms with Crippen LogP contribution in [-0.4, -0.2) is 37.0 Å². The molecule has 3 aromatic carbocycles. The van der Waals surface area contributed by atoms with Gasteiger partial charge in [-0.25, -0.2) is 18.9 Å². The fraction of sp³-hybridized carbons (Fsp3) is 0.172. The number of carbonyl (C=O) groups excluding carboxylic acids is 4. The van der Waals surface area contributed by atoms with Crippen LogP contribution in [-0.2, 0) is 20.7 Å². The number of ether oxygens (including phenoxy) is 2. The second-order valence-corrected chi connectivity index (χ2v) is 8.29. The van der Waals surface area contributed by atoms with Crippen molar-refractivity contribution in [3.63, 3.8) is 0 Å². The summed E-state index contributed by atoms with van der Waals surface area (Å²) in [5.74, 6) is -2.04. The molecular weight excluding hydrogens is 491 g/mol. The van der Waals surface area contributed by atoms with Crippen molar-refractivity contribution in [2.75, 3.05) is 18.1 Å². The van der Waals surface area contributed by atoms with Crippen LogP contribution in [0.15, 0.2) is 72.3 Å². The van der Waals surface area contributed by atoms with Crippen molar-refractivity contribution < 1.29 is 33.0 Å². The molecule has 38 heavy (non-hydrogen) atoms. The van der Waals surface area contributed by atoms with Gasteiger partial charge in [0.15, 0.2) is 0 Å². The number of benzene rings is 3. The number of amides is 4. The number of urea groups is 1. The first kappa shape index (κ1) is 26.3. The van der Waals surface area contributed by atoms with Crippen LogP contribution in [0.1, 0.15) is 40.9 Å². The molecule has 8 nitrogen and oxygen atoms in total. The van der Waals surface area contributed by atoms with Crippen molar-refractivity contribution in [3.05, 3.63) is 100 Å². The van der Waals surface area contributed by atoms with Gasteiger partial charge < -0.3 is 9.47 Å². The minimum Gasteiger partial charge on any atom is -0.494 e. The highest BCUT2D eigenvalue weighted by molar-refractivity contribution is 6.39. The molecule has 0 bridgehead atoms. The fourth-order valence-corrected chi connectivity index (χ4v) is 3.96. The molecule has 4 amide bonds. The standard InChI is InChI=1S/C29H25FN2O6/c1-3-37-25-16-18(9-10-21(25)17-20-7-5-6-8-24(20)30)15-23-26(33)31-29(36)32(27(23)34)22-13-11-19(12-14-22)28(35)38-4-2/h5-16H,3-4,17H2,1-2H3,(H,31,33,36)/b23-15+. The zero-order valence-electron chi connectivity index (χ0n) is 20.8. The average Bonchev–Trinajstić information content (AvgIpc) is 2.90. The highest BCUT2D eigenvalue weighted by Gasteiger charge is 2.37. The molecule has 0 radical (unpaired) electrons. The van der Waals surface area contributed by atoms with Crippen LogP contribution in [0.2, 0.25) is 0 Å². The Hall–Kier alpha value is -4.79. The van der Waals surface area contributed by atoms with Crippen molar-refractivity contribution in [3.8, 4) is 5.75 Å². The van der Waals surface area contributed by atoms with Gasteiger partial charge in [0.25, 0.3) is 11.8 Å². The van der Waals surface area contributed by atoms with Crippen molar-refractivity contribution in [2.24, 2.45) is 0 Å². The zero-order valence-corrected chi connectivity index (χ0v) is 20.8. The molecule has 1 aliphatic heterocycles. The van der Waals surface area contributed by atoms with E-state index in [0.29, 0.717) is 29.9 Å². The second kappa shape index (κ2) is 11.5. The van der Waals surface area contributed by atoms with E-state index in [1.54, 1.807) is 43.3 Å². The average molecular weight is 517 g/mol. The van der Waals surface area contributed by atoms with Gasteiger partial charge in [-0.3, -0.25) is 14.9 Å². The lowest BCUT2D eigenvalue weighted by molar-refractivity contribution is -0.122. The number of rotatable bonds is 8. The van der Waals surface area contributed by atoms with E-state index in [9.17, 15) is 23.6 Å². The lowest BCUT2D eigenvalue weighted by Crippen LogP contribution is -2.54. The lowest BCUT2D eigenvalue weighted by atomic mass is 10.00. The van der Waals surface area contributed by atoms with Gasteiger partial charge in [-0.1, -0.05) is 30.3 Å². The Kier molecular flexibility index (Phi) is 7.96. The molecule has 0 saturated carbocycles. The number of barbiturate groups is 1. The Balaban J connectivity index is 1.63. The summed E-state index contributed by atoms with van der Waals surface area (Å²) in [7, 11) is 0. The summed E-state index contributed by atoms with van der Waals surface area (Å²) in [5.41, 5.74) is 1.89. The van der Waals surface area contributed by atoms with E-state index < -0.39 is 23.8 Å². The molecule has 1 aliphatic rings.